The van der Waals surface area contributed by atoms with Crippen molar-refractivity contribution in [3.05, 3.63) is 0 Å². The predicted molar refractivity (Wildman–Crippen MR) is 56.9 cm³/mol. The molecule has 4 nitrogen and oxygen atoms in total. The maximum atomic E-state index is 10.8. The van der Waals surface area contributed by atoms with Crippen LogP contribution in [0.5, 0.6) is 0 Å². The van der Waals surface area contributed by atoms with Crippen molar-refractivity contribution in [3.8, 4) is 0 Å². The summed E-state index contributed by atoms with van der Waals surface area (Å²) in [5.41, 5.74) is 5.19. The second-order valence-corrected chi connectivity index (χ2v) is 4.37. The second-order valence-electron chi connectivity index (χ2n) is 4.37. The van der Waals surface area contributed by atoms with Crippen molar-refractivity contribution in [3.63, 3.8) is 0 Å². The van der Waals surface area contributed by atoms with Crippen LogP contribution < -0.4 is 11.1 Å². The Kier molecular flexibility index (Phi) is 3.89. The Balaban J connectivity index is 2.32. The average molecular weight is 199 g/mol. The molecule has 1 aliphatic rings. The Morgan fingerprint density at radius 3 is 2.57 bits per heavy atom. The van der Waals surface area contributed by atoms with Crippen LogP contribution in [0.4, 0.5) is 0 Å². The molecule has 0 aromatic carbocycles. The molecule has 1 saturated heterocycles. The number of nitrogens with two attached hydrogens (primary N) is 1. The third-order valence-corrected chi connectivity index (χ3v) is 2.86. The first-order valence-electron chi connectivity index (χ1n) is 5.30. The molecule has 0 spiro atoms. The van der Waals surface area contributed by atoms with E-state index in [4.69, 9.17) is 5.73 Å². The van der Waals surface area contributed by atoms with Gasteiger partial charge in [-0.05, 0) is 33.7 Å². The van der Waals surface area contributed by atoms with Crippen LogP contribution in [0.3, 0.4) is 0 Å². The Hall–Kier alpha value is -0.610. The van der Waals surface area contributed by atoms with Crippen LogP contribution in [0, 0.1) is 0 Å². The summed E-state index contributed by atoms with van der Waals surface area (Å²) in [6, 6.07) is 0.790. The SMILES string of the molecule is CC(NC1CCN(C(C)C)C1)C(N)=O. The molecule has 1 amide bonds. The van der Waals surface area contributed by atoms with Crippen LogP contribution in [0.2, 0.25) is 0 Å². The molecule has 0 saturated carbocycles. The van der Waals surface area contributed by atoms with Gasteiger partial charge in [-0.1, -0.05) is 0 Å². The van der Waals surface area contributed by atoms with Gasteiger partial charge in [0.1, 0.15) is 0 Å². The lowest BCUT2D eigenvalue weighted by atomic mass is 10.2. The first-order chi connectivity index (χ1) is 6.50. The molecule has 14 heavy (non-hydrogen) atoms. The van der Waals surface area contributed by atoms with E-state index in [2.05, 4.69) is 24.1 Å². The Morgan fingerprint density at radius 2 is 2.14 bits per heavy atom. The quantitative estimate of drug-likeness (QED) is 0.666. The molecular formula is C10H21N3O. The van der Waals surface area contributed by atoms with Crippen molar-refractivity contribution in [2.45, 2.75) is 45.3 Å². The van der Waals surface area contributed by atoms with Crippen molar-refractivity contribution >= 4 is 5.91 Å². The first-order valence-corrected chi connectivity index (χ1v) is 5.30. The van der Waals surface area contributed by atoms with E-state index in [-0.39, 0.29) is 11.9 Å². The van der Waals surface area contributed by atoms with Gasteiger partial charge in [0, 0.05) is 18.6 Å². The van der Waals surface area contributed by atoms with Gasteiger partial charge in [0.25, 0.3) is 0 Å². The largest absolute Gasteiger partial charge is 0.368 e. The standard InChI is InChI=1S/C10H21N3O/c1-7(2)13-5-4-9(6-13)12-8(3)10(11)14/h7-9,12H,4-6H2,1-3H3,(H2,11,14). The zero-order valence-corrected chi connectivity index (χ0v) is 9.29. The molecule has 2 atom stereocenters. The minimum absolute atomic E-state index is 0.216. The summed E-state index contributed by atoms with van der Waals surface area (Å²) >= 11 is 0. The minimum Gasteiger partial charge on any atom is -0.368 e. The number of hydrogen-bond acceptors (Lipinski definition) is 3. The number of nitrogens with zero attached hydrogens (tertiary/aromatic N) is 1. The van der Waals surface area contributed by atoms with Crippen molar-refractivity contribution in [2.24, 2.45) is 5.73 Å². The van der Waals surface area contributed by atoms with Crippen LogP contribution in [-0.4, -0.2) is 42.0 Å². The van der Waals surface area contributed by atoms with Crippen LogP contribution in [0.25, 0.3) is 0 Å². The summed E-state index contributed by atoms with van der Waals surface area (Å²) in [4.78, 5) is 13.3. The summed E-state index contributed by atoms with van der Waals surface area (Å²) in [7, 11) is 0. The fourth-order valence-corrected chi connectivity index (χ4v) is 1.83. The molecule has 4 heteroatoms. The molecule has 0 aromatic rings. The van der Waals surface area contributed by atoms with Crippen LogP contribution >= 0.6 is 0 Å². The summed E-state index contributed by atoms with van der Waals surface area (Å²) in [6.07, 6.45) is 1.11. The maximum absolute atomic E-state index is 10.8. The second kappa shape index (κ2) is 4.75. The van der Waals surface area contributed by atoms with Gasteiger partial charge >= 0.3 is 0 Å². The van der Waals surface area contributed by atoms with E-state index in [1.807, 2.05) is 6.92 Å². The van der Waals surface area contributed by atoms with Gasteiger partial charge in [0.2, 0.25) is 5.91 Å². The summed E-state index contributed by atoms with van der Waals surface area (Å²) in [5, 5.41) is 3.25. The smallest absolute Gasteiger partial charge is 0.234 e. The Morgan fingerprint density at radius 1 is 1.50 bits per heavy atom. The number of likely N-dealkylation sites (tertiary alicyclic amines) is 1. The lowest BCUT2D eigenvalue weighted by molar-refractivity contribution is -0.119. The van der Waals surface area contributed by atoms with Crippen LogP contribution in [-0.2, 0) is 4.79 Å². The lowest BCUT2D eigenvalue weighted by Gasteiger charge is -2.21. The van der Waals surface area contributed by atoms with E-state index >= 15 is 0 Å². The molecule has 82 valence electrons. The van der Waals surface area contributed by atoms with Crippen molar-refractivity contribution in [2.75, 3.05) is 13.1 Å². The third-order valence-electron chi connectivity index (χ3n) is 2.86. The summed E-state index contributed by atoms with van der Waals surface area (Å²) < 4.78 is 0. The maximum Gasteiger partial charge on any atom is 0.234 e. The Labute approximate surface area is 85.8 Å². The molecule has 0 aliphatic carbocycles. The highest BCUT2D eigenvalue weighted by Crippen LogP contribution is 2.12. The molecule has 1 heterocycles. The fourth-order valence-electron chi connectivity index (χ4n) is 1.83. The van der Waals surface area contributed by atoms with Gasteiger partial charge in [-0.15, -0.1) is 0 Å². The van der Waals surface area contributed by atoms with Crippen LogP contribution in [0.15, 0.2) is 0 Å². The van der Waals surface area contributed by atoms with Crippen molar-refractivity contribution in [1.29, 1.82) is 0 Å². The normalized spacial score (nSPS) is 25.6. The highest BCUT2D eigenvalue weighted by Gasteiger charge is 2.25. The molecule has 0 aromatic heterocycles. The molecule has 1 rings (SSSR count). The molecule has 2 unspecified atom stereocenters. The topological polar surface area (TPSA) is 58.4 Å². The average Bonchev–Trinajstić information content (AvgIpc) is 2.52. The third kappa shape index (κ3) is 2.96. The van der Waals surface area contributed by atoms with Crippen LogP contribution in [0.1, 0.15) is 27.2 Å². The van der Waals surface area contributed by atoms with Crippen molar-refractivity contribution < 1.29 is 4.79 Å². The summed E-state index contributed by atoms with van der Waals surface area (Å²) in [6.45, 7) is 8.34. The van der Waals surface area contributed by atoms with Gasteiger partial charge in [0.05, 0.1) is 6.04 Å². The number of carbonyl (C=O) groups is 1. The zero-order valence-electron chi connectivity index (χ0n) is 9.29. The number of carbonyl (C=O) groups excluding carboxylic acids is 1. The van der Waals surface area contributed by atoms with Gasteiger partial charge < -0.3 is 11.1 Å². The highest BCUT2D eigenvalue weighted by molar-refractivity contribution is 5.79. The van der Waals surface area contributed by atoms with Gasteiger partial charge in [0.15, 0.2) is 0 Å². The van der Waals surface area contributed by atoms with Gasteiger partial charge in [-0.2, -0.15) is 0 Å². The molecule has 0 bridgehead atoms. The van der Waals surface area contributed by atoms with E-state index in [1.54, 1.807) is 0 Å². The van der Waals surface area contributed by atoms with E-state index < -0.39 is 0 Å². The number of amides is 1. The number of primary amides is 1. The highest BCUT2D eigenvalue weighted by atomic mass is 16.1. The minimum atomic E-state index is -0.270. The molecular weight excluding hydrogens is 178 g/mol. The first kappa shape index (κ1) is 11.5. The van der Waals surface area contributed by atoms with E-state index in [0.29, 0.717) is 12.1 Å². The molecule has 1 fully saturated rings. The van der Waals surface area contributed by atoms with E-state index in [0.717, 1.165) is 19.5 Å². The molecule has 1 aliphatic heterocycles. The van der Waals surface area contributed by atoms with Gasteiger partial charge in [-0.3, -0.25) is 9.69 Å². The van der Waals surface area contributed by atoms with Crippen molar-refractivity contribution in [1.82, 2.24) is 10.2 Å². The number of hydrogen-bond donors (Lipinski definition) is 2. The lowest BCUT2D eigenvalue weighted by Crippen LogP contribution is -2.45. The number of rotatable bonds is 4. The molecule has 3 N–H and O–H groups in total. The molecule has 0 radical (unpaired) electrons. The van der Waals surface area contributed by atoms with Gasteiger partial charge in [-0.25, -0.2) is 0 Å². The van der Waals surface area contributed by atoms with E-state index in [9.17, 15) is 4.79 Å². The monoisotopic (exact) mass is 199 g/mol. The predicted octanol–water partition coefficient (Wildman–Crippen LogP) is -0.0675. The Bertz CT molecular complexity index is 206. The number of nitrogens with one attached hydrogen (secondary N) is 1. The fraction of sp³-hybridized carbons (Fsp3) is 0.900. The zero-order chi connectivity index (χ0) is 10.7. The summed E-state index contributed by atoms with van der Waals surface area (Å²) in [5.74, 6) is -0.270. The van der Waals surface area contributed by atoms with E-state index in [1.165, 1.54) is 0 Å².